The minimum Gasteiger partial charge on any atom is -0.363 e. The van der Waals surface area contributed by atoms with Gasteiger partial charge < -0.3 is 9.88 Å². The molecule has 1 aromatic carbocycles. The number of benzene rings is 1. The zero-order valence-corrected chi connectivity index (χ0v) is 12.1. The summed E-state index contributed by atoms with van der Waals surface area (Å²) in [7, 11) is 0. The van der Waals surface area contributed by atoms with Gasteiger partial charge in [0.05, 0.1) is 6.04 Å². The number of rotatable bonds is 2. The van der Waals surface area contributed by atoms with Crippen LogP contribution < -0.4 is 0 Å². The molecule has 2 heterocycles. The first-order chi connectivity index (χ1) is 9.25. The van der Waals surface area contributed by atoms with Crippen molar-refractivity contribution in [2.45, 2.75) is 18.9 Å². The summed E-state index contributed by atoms with van der Waals surface area (Å²) in [6.07, 6.45) is 4.00. The molecule has 0 radical (unpaired) electrons. The highest BCUT2D eigenvalue weighted by molar-refractivity contribution is 9.10. The first-order valence-electron chi connectivity index (χ1n) is 6.45. The van der Waals surface area contributed by atoms with Gasteiger partial charge in [-0.05, 0) is 43.2 Å². The number of amides is 1. The van der Waals surface area contributed by atoms with E-state index in [9.17, 15) is 4.79 Å². The summed E-state index contributed by atoms with van der Waals surface area (Å²) in [4.78, 5) is 17.8. The minimum atomic E-state index is 0.110. The number of likely N-dealkylation sites (tertiary alicyclic amines) is 1. The van der Waals surface area contributed by atoms with E-state index in [0.717, 1.165) is 35.1 Å². The molecule has 0 bridgehead atoms. The Labute approximate surface area is 120 Å². The molecule has 1 aliphatic rings. The second-order valence-corrected chi connectivity index (χ2v) is 5.71. The molecule has 3 nitrogen and oxygen atoms in total. The molecule has 19 heavy (non-hydrogen) atoms. The molecule has 98 valence electrons. The smallest absolute Gasteiger partial charge is 0.254 e. The van der Waals surface area contributed by atoms with Gasteiger partial charge in [-0.25, -0.2) is 0 Å². The van der Waals surface area contributed by atoms with Crippen LogP contribution in [-0.2, 0) is 0 Å². The van der Waals surface area contributed by atoms with E-state index < -0.39 is 0 Å². The molecule has 1 N–H and O–H groups in total. The van der Waals surface area contributed by atoms with E-state index in [1.165, 1.54) is 0 Å². The number of halogens is 1. The number of aromatic nitrogens is 1. The summed E-state index contributed by atoms with van der Waals surface area (Å²) in [6.45, 7) is 0.828. The third-order valence-electron chi connectivity index (χ3n) is 3.57. The highest BCUT2D eigenvalue weighted by atomic mass is 79.9. The van der Waals surface area contributed by atoms with E-state index in [4.69, 9.17) is 0 Å². The molecular weight excluding hydrogens is 304 g/mol. The molecule has 1 atom stereocenters. The second-order valence-electron chi connectivity index (χ2n) is 4.79. The maximum Gasteiger partial charge on any atom is 0.254 e. The minimum absolute atomic E-state index is 0.110. The van der Waals surface area contributed by atoms with E-state index in [1.54, 1.807) is 0 Å². The Morgan fingerprint density at radius 2 is 2.21 bits per heavy atom. The van der Waals surface area contributed by atoms with Gasteiger partial charge in [0.15, 0.2) is 0 Å². The predicted octanol–water partition coefficient (Wildman–Crippen LogP) is 3.75. The van der Waals surface area contributed by atoms with Crippen LogP contribution in [0.2, 0.25) is 0 Å². The Hall–Kier alpha value is -1.55. The summed E-state index contributed by atoms with van der Waals surface area (Å²) in [6, 6.07) is 11.8. The highest BCUT2D eigenvalue weighted by Gasteiger charge is 2.31. The number of aromatic amines is 1. The number of nitrogens with one attached hydrogen (secondary N) is 1. The molecule has 3 rings (SSSR count). The SMILES string of the molecule is O=C(c1cccc(Br)c1)N1CCCC1c1ccc[nH]1. The van der Waals surface area contributed by atoms with Gasteiger partial charge in [-0.1, -0.05) is 22.0 Å². The first kappa shape index (κ1) is 12.5. The second kappa shape index (κ2) is 5.21. The molecular formula is C15H15BrN2O. The molecule has 1 unspecified atom stereocenters. The van der Waals surface area contributed by atoms with Gasteiger partial charge in [-0.2, -0.15) is 0 Å². The lowest BCUT2D eigenvalue weighted by Gasteiger charge is -2.24. The standard InChI is InChI=1S/C15H15BrN2O/c16-12-5-1-4-11(10-12)15(19)18-9-3-7-14(18)13-6-2-8-17-13/h1-2,4-6,8,10,14,17H,3,7,9H2. The van der Waals surface area contributed by atoms with E-state index in [-0.39, 0.29) is 11.9 Å². The monoisotopic (exact) mass is 318 g/mol. The normalized spacial score (nSPS) is 18.8. The predicted molar refractivity (Wildman–Crippen MR) is 77.9 cm³/mol. The lowest BCUT2D eigenvalue weighted by atomic mass is 10.1. The average molecular weight is 319 g/mol. The van der Waals surface area contributed by atoms with Gasteiger partial charge in [-0.15, -0.1) is 0 Å². The van der Waals surface area contributed by atoms with E-state index >= 15 is 0 Å². The molecule has 4 heteroatoms. The van der Waals surface area contributed by atoms with Crippen LogP contribution in [-0.4, -0.2) is 22.3 Å². The number of H-pyrrole nitrogens is 1. The molecule has 1 aromatic heterocycles. The van der Waals surface area contributed by atoms with E-state index in [2.05, 4.69) is 27.0 Å². The number of carbonyl (C=O) groups is 1. The topological polar surface area (TPSA) is 36.1 Å². The van der Waals surface area contributed by atoms with Crippen LogP contribution in [0.4, 0.5) is 0 Å². The Morgan fingerprint density at radius 3 is 2.95 bits per heavy atom. The molecule has 1 saturated heterocycles. The Bertz CT molecular complexity index is 580. The Morgan fingerprint density at radius 1 is 1.32 bits per heavy atom. The van der Waals surface area contributed by atoms with Gasteiger partial charge in [0.25, 0.3) is 5.91 Å². The van der Waals surface area contributed by atoms with E-state index in [0.29, 0.717) is 0 Å². The summed E-state index contributed by atoms with van der Waals surface area (Å²) in [5.74, 6) is 0.110. The van der Waals surface area contributed by atoms with Crippen molar-refractivity contribution in [3.63, 3.8) is 0 Å². The van der Waals surface area contributed by atoms with Crippen LogP contribution in [0.1, 0.15) is 34.9 Å². The number of nitrogens with zero attached hydrogens (tertiary/aromatic N) is 1. The molecule has 0 saturated carbocycles. The van der Waals surface area contributed by atoms with Gasteiger partial charge in [0.2, 0.25) is 0 Å². The third-order valence-corrected chi connectivity index (χ3v) is 4.06. The van der Waals surface area contributed by atoms with Crippen molar-refractivity contribution < 1.29 is 4.79 Å². The average Bonchev–Trinajstić information content (AvgIpc) is 3.08. The van der Waals surface area contributed by atoms with Crippen molar-refractivity contribution in [2.75, 3.05) is 6.54 Å². The first-order valence-corrected chi connectivity index (χ1v) is 7.25. The number of carbonyl (C=O) groups excluding carboxylic acids is 1. The van der Waals surface area contributed by atoms with Crippen molar-refractivity contribution in [2.24, 2.45) is 0 Å². The molecule has 2 aromatic rings. The summed E-state index contributed by atoms with van der Waals surface area (Å²) in [5, 5.41) is 0. The number of hydrogen-bond acceptors (Lipinski definition) is 1. The fourth-order valence-corrected chi connectivity index (χ4v) is 3.07. The van der Waals surface area contributed by atoms with Gasteiger partial charge in [0.1, 0.15) is 0 Å². The lowest BCUT2D eigenvalue weighted by molar-refractivity contribution is 0.0733. The zero-order chi connectivity index (χ0) is 13.2. The van der Waals surface area contributed by atoms with Crippen LogP contribution >= 0.6 is 15.9 Å². The molecule has 1 fully saturated rings. The third kappa shape index (κ3) is 2.45. The molecule has 0 spiro atoms. The van der Waals surface area contributed by atoms with Crippen LogP contribution in [0.25, 0.3) is 0 Å². The highest BCUT2D eigenvalue weighted by Crippen LogP contribution is 2.32. The van der Waals surface area contributed by atoms with Crippen LogP contribution in [0, 0.1) is 0 Å². The maximum atomic E-state index is 12.6. The molecule has 1 aliphatic heterocycles. The van der Waals surface area contributed by atoms with Crippen molar-refractivity contribution in [3.8, 4) is 0 Å². The summed E-state index contributed by atoms with van der Waals surface area (Å²) in [5.41, 5.74) is 1.87. The Kier molecular flexibility index (Phi) is 3.42. The largest absolute Gasteiger partial charge is 0.363 e. The van der Waals surface area contributed by atoms with Crippen molar-refractivity contribution in [3.05, 3.63) is 58.3 Å². The Balaban J connectivity index is 1.87. The lowest BCUT2D eigenvalue weighted by Crippen LogP contribution is -2.30. The van der Waals surface area contributed by atoms with Crippen molar-refractivity contribution in [1.82, 2.24) is 9.88 Å². The fraction of sp³-hybridized carbons (Fsp3) is 0.267. The zero-order valence-electron chi connectivity index (χ0n) is 10.5. The van der Waals surface area contributed by atoms with E-state index in [1.807, 2.05) is 41.4 Å². The molecule has 0 aliphatic carbocycles. The van der Waals surface area contributed by atoms with Crippen LogP contribution in [0.15, 0.2) is 47.1 Å². The van der Waals surface area contributed by atoms with Gasteiger partial charge in [-0.3, -0.25) is 4.79 Å². The number of hydrogen-bond donors (Lipinski definition) is 1. The van der Waals surface area contributed by atoms with Crippen molar-refractivity contribution >= 4 is 21.8 Å². The van der Waals surface area contributed by atoms with Crippen LogP contribution in [0.3, 0.4) is 0 Å². The van der Waals surface area contributed by atoms with Crippen LogP contribution in [0.5, 0.6) is 0 Å². The van der Waals surface area contributed by atoms with Gasteiger partial charge >= 0.3 is 0 Å². The summed E-state index contributed by atoms with van der Waals surface area (Å²) < 4.78 is 0.939. The molecule has 1 amide bonds. The summed E-state index contributed by atoms with van der Waals surface area (Å²) >= 11 is 3.42. The fourth-order valence-electron chi connectivity index (χ4n) is 2.67. The van der Waals surface area contributed by atoms with Gasteiger partial charge in [0, 0.05) is 28.5 Å². The maximum absolute atomic E-state index is 12.6. The quantitative estimate of drug-likeness (QED) is 0.899. The van der Waals surface area contributed by atoms with Crippen molar-refractivity contribution in [1.29, 1.82) is 0 Å².